The molecule has 2 rings (SSSR count). The topological polar surface area (TPSA) is 105 Å². The van der Waals surface area contributed by atoms with Crippen LogP contribution in [0.5, 0.6) is 0 Å². The Bertz CT molecular complexity index is 630. The highest BCUT2D eigenvalue weighted by molar-refractivity contribution is 7.93. The maximum absolute atomic E-state index is 12.4. The second-order valence-corrected chi connectivity index (χ2v) is 7.50. The molecule has 23 heavy (non-hydrogen) atoms. The molecular formula is C15H22N2O5S. The first-order valence-electron chi connectivity index (χ1n) is 7.51. The molecule has 1 aromatic rings. The Hall–Kier alpha value is -1.64. The summed E-state index contributed by atoms with van der Waals surface area (Å²) in [4.78, 5) is 11.4. The Labute approximate surface area is 136 Å². The van der Waals surface area contributed by atoms with Crippen LogP contribution >= 0.6 is 0 Å². The molecule has 128 valence electrons. The second-order valence-electron chi connectivity index (χ2n) is 5.60. The Morgan fingerprint density at radius 1 is 1.22 bits per heavy atom. The van der Waals surface area contributed by atoms with Crippen LogP contribution in [0.3, 0.4) is 0 Å². The van der Waals surface area contributed by atoms with Crippen molar-refractivity contribution in [2.45, 2.75) is 37.0 Å². The lowest BCUT2D eigenvalue weighted by Crippen LogP contribution is -2.40. The molecule has 7 nitrogen and oxygen atoms in total. The van der Waals surface area contributed by atoms with Crippen LogP contribution in [0, 0.1) is 0 Å². The molecule has 2 unspecified atom stereocenters. The van der Waals surface area contributed by atoms with Gasteiger partial charge in [0.2, 0.25) is 15.9 Å². The number of anilines is 2. The van der Waals surface area contributed by atoms with Gasteiger partial charge in [0.1, 0.15) is 11.9 Å². The molecule has 1 aromatic carbocycles. The minimum Gasteiger partial charge on any atom is -0.392 e. The highest BCUT2D eigenvalue weighted by atomic mass is 32.2. The van der Waals surface area contributed by atoms with E-state index in [9.17, 15) is 18.3 Å². The lowest BCUT2D eigenvalue weighted by Gasteiger charge is -2.27. The number of sulfonamides is 1. The average molecular weight is 342 g/mol. The Morgan fingerprint density at radius 2 is 1.83 bits per heavy atom. The van der Waals surface area contributed by atoms with Gasteiger partial charge in [0.05, 0.1) is 6.10 Å². The van der Waals surface area contributed by atoms with Gasteiger partial charge in [-0.3, -0.25) is 9.52 Å². The summed E-state index contributed by atoms with van der Waals surface area (Å²) < 4.78 is 31.9. The minimum absolute atomic E-state index is 0.0477. The van der Waals surface area contributed by atoms with Crippen LogP contribution in [0.4, 0.5) is 11.4 Å². The van der Waals surface area contributed by atoms with Crippen molar-refractivity contribution in [1.82, 2.24) is 0 Å². The van der Waals surface area contributed by atoms with Crippen molar-refractivity contribution < 1.29 is 23.1 Å². The second kappa shape index (κ2) is 7.76. The van der Waals surface area contributed by atoms with E-state index in [1.807, 2.05) is 0 Å². The largest absolute Gasteiger partial charge is 0.392 e. The molecule has 1 amide bonds. The van der Waals surface area contributed by atoms with E-state index in [0.29, 0.717) is 24.2 Å². The number of methoxy groups -OCH3 is 1. The van der Waals surface area contributed by atoms with Gasteiger partial charge in [-0.25, -0.2) is 8.42 Å². The minimum atomic E-state index is -3.64. The number of ether oxygens (including phenoxy) is 1. The standard InChI is InChI=1S/C15H22N2O5S/c1-22-10-15(19)16-11-6-8-12(9-7-11)17-23(20,21)14-5-3-2-4-13(14)18/h6-9,13-14,17-18H,2-5,10H2,1H3,(H,16,19). The smallest absolute Gasteiger partial charge is 0.250 e. The number of benzene rings is 1. The Morgan fingerprint density at radius 3 is 2.43 bits per heavy atom. The number of amides is 1. The van der Waals surface area contributed by atoms with Crippen LogP contribution in [0.15, 0.2) is 24.3 Å². The van der Waals surface area contributed by atoms with E-state index in [2.05, 4.69) is 10.0 Å². The molecule has 0 spiro atoms. The third-order valence-electron chi connectivity index (χ3n) is 3.77. The molecule has 0 radical (unpaired) electrons. The van der Waals surface area contributed by atoms with Crippen LogP contribution in [-0.4, -0.2) is 44.5 Å². The van der Waals surface area contributed by atoms with Gasteiger partial charge in [-0.2, -0.15) is 0 Å². The zero-order valence-corrected chi connectivity index (χ0v) is 13.8. The van der Waals surface area contributed by atoms with E-state index >= 15 is 0 Å². The van der Waals surface area contributed by atoms with Crippen LogP contribution in [-0.2, 0) is 19.6 Å². The molecule has 0 heterocycles. The van der Waals surface area contributed by atoms with Gasteiger partial charge in [-0.05, 0) is 37.1 Å². The number of carbonyl (C=O) groups excluding carboxylic acids is 1. The predicted molar refractivity (Wildman–Crippen MR) is 87.8 cm³/mol. The lowest BCUT2D eigenvalue weighted by atomic mass is 9.97. The Balaban J connectivity index is 2.01. The quantitative estimate of drug-likeness (QED) is 0.723. The van der Waals surface area contributed by atoms with Crippen molar-refractivity contribution >= 4 is 27.3 Å². The van der Waals surface area contributed by atoms with Gasteiger partial charge in [0.15, 0.2) is 0 Å². The van der Waals surface area contributed by atoms with Crippen LogP contribution in [0.2, 0.25) is 0 Å². The highest BCUT2D eigenvalue weighted by Crippen LogP contribution is 2.26. The molecule has 0 aromatic heterocycles. The first-order chi connectivity index (χ1) is 10.9. The van der Waals surface area contributed by atoms with Gasteiger partial charge in [0.25, 0.3) is 0 Å². The summed E-state index contributed by atoms with van der Waals surface area (Å²) in [5.41, 5.74) is 0.945. The van der Waals surface area contributed by atoms with E-state index in [0.717, 1.165) is 12.8 Å². The molecule has 0 aliphatic heterocycles. The molecule has 0 saturated heterocycles. The fourth-order valence-electron chi connectivity index (χ4n) is 2.63. The van der Waals surface area contributed by atoms with E-state index in [1.54, 1.807) is 24.3 Å². The fraction of sp³-hybridized carbons (Fsp3) is 0.533. The maximum Gasteiger partial charge on any atom is 0.250 e. The third-order valence-corrected chi connectivity index (χ3v) is 5.64. The van der Waals surface area contributed by atoms with Crippen molar-refractivity contribution in [3.05, 3.63) is 24.3 Å². The van der Waals surface area contributed by atoms with Crippen molar-refractivity contribution in [2.24, 2.45) is 0 Å². The van der Waals surface area contributed by atoms with Crippen LogP contribution < -0.4 is 10.0 Å². The number of carbonyl (C=O) groups is 1. The van der Waals surface area contributed by atoms with Crippen molar-refractivity contribution in [3.63, 3.8) is 0 Å². The zero-order chi connectivity index (χ0) is 16.9. The first-order valence-corrected chi connectivity index (χ1v) is 9.05. The van der Waals surface area contributed by atoms with Gasteiger partial charge in [-0.1, -0.05) is 12.8 Å². The normalized spacial score (nSPS) is 21.7. The third kappa shape index (κ3) is 4.92. The van der Waals surface area contributed by atoms with E-state index in [4.69, 9.17) is 4.74 Å². The number of rotatable bonds is 6. The van der Waals surface area contributed by atoms with Gasteiger partial charge < -0.3 is 15.2 Å². The lowest BCUT2D eigenvalue weighted by molar-refractivity contribution is -0.119. The monoisotopic (exact) mass is 342 g/mol. The number of hydrogen-bond acceptors (Lipinski definition) is 5. The molecule has 8 heteroatoms. The number of aliphatic hydroxyl groups is 1. The van der Waals surface area contributed by atoms with E-state index in [-0.39, 0.29) is 12.5 Å². The summed E-state index contributed by atoms with van der Waals surface area (Å²) in [5, 5.41) is 11.7. The van der Waals surface area contributed by atoms with Crippen LogP contribution in [0.25, 0.3) is 0 Å². The maximum atomic E-state index is 12.4. The fourth-order valence-corrected chi connectivity index (χ4v) is 4.27. The average Bonchev–Trinajstić information content (AvgIpc) is 2.49. The van der Waals surface area contributed by atoms with E-state index in [1.165, 1.54) is 7.11 Å². The summed E-state index contributed by atoms with van der Waals surface area (Å²) in [6.07, 6.45) is 1.79. The number of aliphatic hydroxyl groups excluding tert-OH is 1. The number of nitrogens with one attached hydrogen (secondary N) is 2. The summed E-state index contributed by atoms with van der Waals surface area (Å²) >= 11 is 0. The zero-order valence-electron chi connectivity index (χ0n) is 13.0. The van der Waals surface area contributed by atoms with Crippen molar-refractivity contribution in [2.75, 3.05) is 23.8 Å². The molecule has 1 aliphatic carbocycles. The SMILES string of the molecule is COCC(=O)Nc1ccc(NS(=O)(=O)C2CCCCC2O)cc1. The summed E-state index contributed by atoms with van der Waals surface area (Å²) in [5.74, 6) is -0.286. The van der Waals surface area contributed by atoms with Gasteiger partial charge >= 0.3 is 0 Å². The molecule has 2 atom stereocenters. The molecule has 0 bridgehead atoms. The van der Waals surface area contributed by atoms with E-state index < -0.39 is 21.4 Å². The highest BCUT2D eigenvalue weighted by Gasteiger charge is 2.34. The van der Waals surface area contributed by atoms with Gasteiger partial charge in [-0.15, -0.1) is 0 Å². The predicted octanol–water partition coefficient (Wildman–Crippen LogP) is 1.32. The van der Waals surface area contributed by atoms with Crippen LogP contribution in [0.1, 0.15) is 25.7 Å². The molecule has 3 N–H and O–H groups in total. The molecule has 1 aliphatic rings. The molecular weight excluding hydrogens is 320 g/mol. The molecule has 1 saturated carbocycles. The van der Waals surface area contributed by atoms with Crippen molar-refractivity contribution in [3.8, 4) is 0 Å². The summed E-state index contributed by atoms with van der Waals surface area (Å²) in [6, 6.07) is 6.33. The number of hydrogen-bond donors (Lipinski definition) is 3. The molecule has 1 fully saturated rings. The Kier molecular flexibility index (Phi) is 5.97. The van der Waals surface area contributed by atoms with Gasteiger partial charge in [0, 0.05) is 18.5 Å². The first kappa shape index (κ1) is 17.7. The summed E-state index contributed by atoms with van der Waals surface area (Å²) in [6.45, 7) is -0.0477. The van der Waals surface area contributed by atoms with Crippen molar-refractivity contribution in [1.29, 1.82) is 0 Å². The summed E-state index contributed by atoms with van der Waals surface area (Å²) in [7, 11) is -2.21.